The highest BCUT2D eigenvalue weighted by atomic mass is 16.5. The van der Waals surface area contributed by atoms with E-state index in [2.05, 4.69) is 5.32 Å². The van der Waals surface area contributed by atoms with Crippen molar-refractivity contribution in [2.24, 2.45) is 0 Å². The number of ether oxygens (including phenoxy) is 1. The summed E-state index contributed by atoms with van der Waals surface area (Å²) in [4.78, 5) is 11.7. The quantitative estimate of drug-likeness (QED) is 0.759. The average molecular weight is 291 g/mol. The molecule has 0 saturated heterocycles. The van der Waals surface area contributed by atoms with Gasteiger partial charge in [-0.3, -0.25) is 4.79 Å². The number of aliphatic hydroxyl groups is 1. The van der Waals surface area contributed by atoms with E-state index in [0.29, 0.717) is 26.0 Å². The molecule has 1 fully saturated rings. The zero-order valence-electron chi connectivity index (χ0n) is 12.7. The van der Waals surface area contributed by atoms with Crippen molar-refractivity contribution in [2.45, 2.75) is 51.0 Å². The minimum Gasteiger partial charge on any atom is -0.494 e. The van der Waals surface area contributed by atoms with E-state index in [-0.39, 0.29) is 5.91 Å². The molecule has 0 aromatic heterocycles. The maximum atomic E-state index is 11.7. The average Bonchev–Trinajstić information content (AvgIpc) is 2.89. The van der Waals surface area contributed by atoms with Crippen molar-refractivity contribution in [3.63, 3.8) is 0 Å². The molecule has 1 aliphatic carbocycles. The highest BCUT2D eigenvalue weighted by Gasteiger charge is 2.31. The summed E-state index contributed by atoms with van der Waals surface area (Å²) in [5, 5.41) is 13.0. The Morgan fingerprint density at radius 3 is 2.86 bits per heavy atom. The first-order valence-corrected chi connectivity index (χ1v) is 7.76. The molecule has 2 N–H and O–H groups in total. The molecule has 1 aromatic carbocycles. The van der Waals surface area contributed by atoms with E-state index in [1.807, 2.05) is 31.2 Å². The van der Waals surface area contributed by atoms with Crippen LogP contribution in [0.3, 0.4) is 0 Å². The fraction of sp³-hybridized carbons (Fsp3) is 0.588. The third kappa shape index (κ3) is 5.38. The Hall–Kier alpha value is -1.55. The van der Waals surface area contributed by atoms with E-state index in [0.717, 1.165) is 37.0 Å². The molecule has 116 valence electrons. The van der Waals surface area contributed by atoms with E-state index in [1.165, 1.54) is 0 Å². The van der Waals surface area contributed by atoms with E-state index in [4.69, 9.17) is 4.74 Å². The Kier molecular flexibility index (Phi) is 5.62. The third-order valence-corrected chi connectivity index (χ3v) is 3.96. The van der Waals surface area contributed by atoms with Gasteiger partial charge in [-0.2, -0.15) is 0 Å². The van der Waals surface area contributed by atoms with Crippen LogP contribution in [-0.2, 0) is 4.79 Å². The van der Waals surface area contributed by atoms with Crippen LogP contribution in [0.2, 0.25) is 0 Å². The fourth-order valence-corrected chi connectivity index (χ4v) is 2.69. The molecule has 1 saturated carbocycles. The molecule has 2 rings (SSSR count). The van der Waals surface area contributed by atoms with Crippen LogP contribution in [0.1, 0.15) is 44.1 Å². The third-order valence-electron chi connectivity index (χ3n) is 3.96. The molecule has 1 amide bonds. The van der Waals surface area contributed by atoms with Crippen molar-refractivity contribution < 1.29 is 14.6 Å². The minimum absolute atomic E-state index is 0.0110. The Balaban J connectivity index is 1.59. The molecule has 4 heteroatoms. The van der Waals surface area contributed by atoms with Crippen LogP contribution in [0, 0.1) is 6.92 Å². The van der Waals surface area contributed by atoms with Gasteiger partial charge in [0.25, 0.3) is 0 Å². The van der Waals surface area contributed by atoms with E-state index < -0.39 is 5.60 Å². The van der Waals surface area contributed by atoms with Crippen LogP contribution in [0.5, 0.6) is 5.75 Å². The number of carbonyl (C=O) groups is 1. The second-order valence-electron chi connectivity index (χ2n) is 5.98. The van der Waals surface area contributed by atoms with Crippen molar-refractivity contribution in [1.29, 1.82) is 0 Å². The van der Waals surface area contributed by atoms with Crippen molar-refractivity contribution >= 4 is 5.91 Å². The largest absolute Gasteiger partial charge is 0.494 e. The summed E-state index contributed by atoms with van der Waals surface area (Å²) in [6, 6.07) is 7.88. The van der Waals surface area contributed by atoms with E-state index in [1.54, 1.807) is 0 Å². The molecule has 0 unspecified atom stereocenters. The highest BCUT2D eigenvalue weighted by Crippen LogP contribution is 2.28. The molecule has 21 heavy (non-hydrogen) atoms. The Morgan fingerprint density at radius 1 is 1.38 bits per heavy atom. The number of amides is 1. The number of aryl methyl sites for hydroxylation is 1. The number of benzene rings is 1. The lowest BCUT2D eigenvalue weighted by atomic mass is 10.0. The van der Waals surface area contributed by atoms with Crippen LogP contribution < -0.4 is 10.1 Å². The topological polar surface area (TPSA) is 58.6 Å². The van der Waals surface area contributed by atoms with Gasteiger partial charge in [-0.25, -0.2) is 0 Å². The maximum Gasteiger partial charge on any atom is 0.220 e. The van der Waals surface area contributed by atoms with Gasteiger partial charge in [0.15, 0.2) is 0 Å². The van der Waals surface area contributed by atoms with Crippen molar-refractivity contribution in [3.05, 3.63) is 29.8 Å². The molecule has 0 atom stereocenters. The summed E-state index contributed by atoms with van der Waals surface area (Å²) in [6.45, 7) is 2.93. The zero-order chi connectivity index (χ0) is 15.1. The number of hydrogen-bond donors (Lipinski definition) is 2. The second-order valence-corrected chi connectivity index (χ2v) is 5.98. The van der Waals surface area contributed by atoms with E-state index in [9.17, 15) is 9.90 Å². The van der Waals surface area contributed by atoms with E-state index >= 15 is 0 Å². The molecule has 1 aromatic rings. The number of hydrogen-bond acceptors (Lipinski definition) is 3. The van der Waals surface area contributed by atoms with Crippen LogP contribution in [0.15, 0.2) is 24.3 Å². The maximum absolute atomic E-state index is 11.7. The van der Waals surface area contributed by atoms with Gasteiger partial charge in [0, 0.05) is 13.0 Å². The first-order valence-electron chi connectivity index (χ1n) is 7.76. The predicted octanol–water partition coefficient (Wildman–Crippen LogP) is 2.58. The van der Waals surface area contributed by atoms with Crippen molar-refractivity contribution in [3.8, 4) is 5.75 Å². The van der Waals surface area contributed by atoms with Gasteiger partial charge in [0.1, 0.15) is 5.75 Å². The summed E-state index contributed by atoms with van der Waals surface area (Å²) < 4.78 is 5.61. The van der Waals surface area contributed by atoms with Crippen LogP contribution in [-0.4, -0.2) is 29.8 Å². The Bertz CT molecular complexity index is 467. The summed E-state index contributed by atoms with van der Waals surface area (Å²) >= 11 is 0. The minimum atomic E-state index is -0.673. The summed E-state index contributed by atoms with van der Waals surface area (Å²) in [5.41, 5.74) is 0.489. The number of rotatable bonds is 7. The summed E-state index contributed by atoms with van der Waals surface area (Å²) in [6.07, 6.45) is 4.81. The lowest BCUT2D eigenvalue weighted by molar-refractivity contribution is -0.122. The van der Waals surface area contributed by atoms with Crippen LogP contribution in [0.25, 0.3) is 0 Å². The van der Waals surface area contributed by atoms with Crippen LogP contribution in [0.4, 0.5) is 0 Å². The number of carbonyl (C=O) groups excluding carboxylic acids is 1. The molecule has 0 bridgehead atoms. The fourth-order valence-electron chi connectivity index (χ4n) is 2.69. The second kappa shape index (κ2) is 7.46. The highest BCUT2D eigenvalue weighted by molar-refractivity contribution is 5.75. The van der Waals surface area contributed by atoms with Gasteiger partial charge < -0.3 is 15.2 Å². The molecule has 0 heterocycles. The summed E-state index contributed by atoms with van der Waals surface area (Å²) in [5.74, 6) is 0.832. The molecule has 0 aliphatic heterocycles. The standard InChI is InChI=1S/C17H25NO3/c1-14-6-4-7-15(12-14)21-11-5-8-16(19)18-13-17(20)9-2-3-10-17/h4,6-7,12,20H,2-3,5,8-11,13H2,1H3,(H,18,19). The SMILES string of the molecule is Cc1cccc(OCCCC(=O)NCC2(O)CCCC2)c1. The molecule has 0 radical (unpaired) electrons. The first kappa shape index (κ1) is 15.8. The van der Waals surface area contributed by atoms with Crippen molar-refractivity contribution in [2.75, 3.05) is 13.2 Å². The monoisotopic (exact) mass is 291 g/mol. The van der Waals surface area contributed by atoms with Crippen LogP contribution >= 0.6 is 0 Å². The Morgan fingerprint density at radius 2 is 2.14 bits per heavy atom. The van der Waals surface area contributed by atoms with Gasteiger partial charge in [-0.15, -0.1) is 0 Å². The first-order chi connectivity index (χ1) is 10.1. The van der Waals surface area contributed by atoms with Gasteiger partial charge >= 0.3 is 0 Å². The lowest BCUT2D eigenvalue weighted by Crippen LogP contribution is -2.40. The molecular formula is C17H25NO3. The zero-order valence-corrected chi connectivity index (χ0v) is 12.7. The predicted molar refractivity (Wildman–Crippen MR) is 82.3 cm³/mol. The smallest absolute Gasteiger partial charge is 0.220 e. The normalized spacial score (nSPS) is 16.7. The van der Waals surface area contributed by atoms with Gasteiger partial charge in [-0.1, -0.05) is 25.0 Å². The lowest BCUT2D eigenvalue weighted by Gasteiger charge is -2.22. The van der Waals surface area contributed by atoms with Gasteiger partial charge in [0.2, 0.25) is 5.91 Å². The molecule has 4 nitrogen and oxygen atoms in total. The molecule has 0 spiro atoms. The summed E-state index contributed by atoms with van der Waals surface area (Å²) in [7, 11) is 0. The Labute approximate surface area is 126 Å². The van der Waals surface area contributed by atoms with Gasteiger partial charge in [-0.05, 0) is 43.9 Å². The molecular weight excluding hydrogens is 266 g/mol. The van der Waals surface area contributed by atoms with Crippen molar-refractivity contribution in [1.82, 2.24) is 5.32 Å². The van der Waals surface area contributed by atoms with Gasteiger partial charge in [0.05, 0.1) is 12.2 Å². The molecule has 1 aliphatic rings. The number of nitrogens with one attached hydrogen (secondary N) is 1.